The number of nitrogens with two attached hydrogens (primary N) is 5. The highest BCUT2D eigenvalue weighted by Gasteiger charge is 2.62. The predicted molar refractivity (Wildman–Crippen MR) is 482 cm³/mol. The van der Waals surface area contributed by atoms with E-state index in [1.165, 1.54) is 10.9 Å². The van der Waals surface area contributed by atoms with E-state index in [2.05, 4.69) is 148 Å². The number of nitrogen functional groups attached to an aromatic ring is 5. The van der Waals surface area contributed by atoms with Crippen molar-refractivity contribution >= 4 is 150 Å². The van der Waals surface area contributed by atoms with E-state index in [4.69, 9.17) is 57.1 Å². The van der Waals surface area contributed by atoms with Crippen molar-refractivity contribution < 1.29 is 73.7 Å². The van der Waals surface area contributed by atoms with Crippen molar-refractivity contribution in [3.63, 3.8) is 0 Å². The summed E-state index contributed by atoms with van der Waals surface area (Å²) in [4.78, 5) is 42.7. The molecular formula is C79H120FN20O14P5. The van der Waals surface area contributed by atoms with Gasteiger partial charge in [-0.05, 0) is 181 Å². The summed E-state index contributed by atoms with van der Waals surface area (Å²) in [6.07, 6.45) is 31.4. The number of imidazole rings is 5. The van der Waals surface area contributed by atoms with Gasteiger partial charge in [0.25, 0.3) is 0 Å². The van der Waals surface area contributed by atoms with Crippen molar-refractivity contribution in [1.29, 1.82) is 0 Å². The molecule has 2 bridgehead atoms. The van der Waals surface area contributed by atoms with E-state index >= 15 is 0 Å². The Morgan fingerprint density at radius 1 is 0.403 bits per heavy atom. The van der Waals surface area contributed by atoms with Crippen molar-refractivity contribution in [3.05, 3.63) is 93.0 Å². The average molecular weight is 1750 g/mol. The Morgan fingerprint density at radius 3 is 1.08 bits per heavy atom. The molecule has 34 nitrogen and oxygen atoms in total. The fraction of sp³-hybridized carbons (Fsp3) is 0.557. The van der Waals surface area contributed by atoms with E-state index in [0.717, 1.165) is 37.2 Å². The summed E-state index contributed by atoms with van der Waals surface area (Å²) in [6.45, 7) is 20.6. The highest BCUT2D eigenvalue weighted by atomic mass is 31.2. The zero-order valence-corrected chi connectivity index (χ0v) is 74.4. The van der Waals surface area contributed by atoms with Gasteiger partial charge in [0.05, 0.1) is 90.6 Å². The highest BCUT2D eigenvalue weighted by Crippen LogP contribution is 2.52. The fourth-order valence-electron chi connectivity index (χ4n) is 15.4. The summed E-state index contributed by atoms with van der Waals surface area (Å²) in [5.41, 5.74) is 33.2. The van der Waals surface area contributed by atoms with Gasteiger partial charge in [0.15, 0.2) is 65.5 Å². The number of rotatable bonds is 20. The van der Waals surface area contributed by atoms with Crippen molar-refractivity contribution in [2.24, 2.45) is 0 Å². The first kappa shape index (κ1) is 91.2. The topological polar surface area (TPSA) is 501 Å². The Bertz CT molecular complexity index is 5330. The monoisotopic (exact) mass is 1750 g/mol. The second-order valence-electron chi connectivity index (χ2n) is 36.2. The molecule has 6 fully saturated rings. The molecule has 18 N–H and O–H groups in total. The number of pyridine rings is 5. The van der Waals surface area contributed by atoms with Crippen molar-refractivity contribution in [2.45, 2.75) is 174 Å². The summed E-state index contributed by atoms with van der Waals surface area (Å²) >= 11 is 0. The number of anilines is 5. The van der Waals surface area contributed by atoms with Crippen LogP contribution in [-0.2, 0) is 28.4 Å². The molecule has 6 aliphatic rings. The van der Waals surface area contributed by atoms with E-state index in [0.29, 0.717) is 117 Å². The van der Waals surface area contributed by atoms with Crippen LogP contribution in [0.5, 0.6) is 0 Å². The average Bonchev–Trinajstić information content (AvgIpc) is 1.53. The number of hydrogen-bond donors (Lipinski definition) is 13. The first-order chi connectivity index (χ1) is 55.4. The highest BCUT2D eigenvalue weighted by molar-refractivity contribution is 7.73. The zero-order chi connectivity index (χ0) is 87.0. The Hall–Kier alpha value is -7.03. The van der Waals surface area contributed by atoms with Crippen molar-refractivity contribution in [3.8, 4) is 0 Å². The molecule has 119 heavy (non-hydrogen) atoms. The minimum atomic E-state index is -1.54. The minimum absolute atomic E-state index is 0.414. The summed E-state index contributed by atoms with van der Waals surface area (Å²) in [6, 6.07) is 8.37. The summed E-state index contributed by atoms with van der Waals surface area (Å²) < 4.78 is 58.8. The van der Waals surface area contributed by atoms with Crippen LogP contribution in [0, 0.1) is 0 Å². The Balaban J connectivity index is 0.000000137. The second-order valence-corrected chi connectivity index (χ2v) is 57.8. The number of alkyl halides is 1. The van der Waals surface area contributed by atoms with Crippen LogP contribution in [0.25, 0.3) is 55.8 Å². The third kappa shape index (κ3) is 19.5. The van der Waals surface area contributed by atoms with Gasteiger partial charge in [-0.25, -0.2) is 54.2 Å². The van der Waals surface area contributed by atoms with E-state index in [1.807, 2.05) is 11.5 Å². The summed E-state index contributed by atoms with van der Waals surface area (Å²) in [5, 5.41) is 84.7. The molecule has 0 amide bonds. The molecule has 20 atom stereocenters. The summed E-state index contributed by atoms with van der Waals surface area (Å²) in [7, 11) is 0. The minimum Gasteiger partial charge on any atom is -0.397 e. The fourth-order valence-corrected chi connectivity index (χ4v) is 20.3. The molecular weight excluding hydrogens is 1630 g/mol. The molecule has 0 aliphatic carbocycles. The molecule has 0 aromatic carbocycles. The first-order valence-electron chi connectivity index (χ1n) is 39.3. The number of halogens is 1. The number of hydrogen-bond acceptors (Lipinski definition) is 29. The smallest absolute Gasteiger partial charge is 0.173 e. The van der Waals surface area contributed by atoms with Crippen LogP contribution in [0.2, 0.25) is 0 Å². The van der Waals surface area contributed by atoms with Gasteiger partial charge in [0, 0.05) is 31.0 Å². The maximum Gasteiger partial charge on any atom is 0.173 e. The normalized spacial score (nSPS) is 30.8. The van der Waals surface area contributed by atoms with Gasteiger partial charge in [-0.3, -0.25) is 22.8 Å². The van der Waals surface area contributed by atoms with Crippen molar-refractivity contribution in [1.82, 2.24) is 72.7 Å². The third-order valence-electron chi connectivity index (χ3n) is 22.6. The van der Waals surface area contributed by atoms with Crippen LogP contribution in [0.1, 0.15) is 84.0 Å². The summed E-state index contributed by atoms with van der Waals surface area (Å²) in [5.74, 6) is 0. The van der Waals surface area contributed by atoms with Gasteiger partial charge >= 0.3 is 0 Å². The van der Waals surface area contributed by atoms with Crippen molar-refractivity contribution in [2.75, 3.05) is 133 Å². The van der Waals surface area contributed by atoms with Gasteiger partial charge in [0.1, 0.15) is 87.1 Å². The molecule has 0 saturated carbocycles. The molecule has 5 unspecified atom stereocenters. The quantitative estimate of drug-likeness (QED) is 0.0377. The number of fused-ring (bicyclic) bond motifs is 7. The maximum atomic E-state index is 14.6. The molecule has 10 aromatic heterocycles. The first-order valence-corrected chi connectivity index (χ1v) is 54.5. The van der Waals surface area contributed by atoms with Crippen LogP contribution in [0.3, 0.4) is 0 Å². The standard InChI is InChI=1S/C16H23N4O3P.3C16H25N4O3P.C15H22FN4O2P/c1-24(2,3)7-5-16-8-22-12(13(16)21)15(23-16)20-9-19-11-10(17)4-6-18-14(11)20;1-16(6-8-24(2,3)4)13(22)12(21)15(23-16)20-9-19-11-10(17)5-7-18-14(11)20;2*1-16(22)13(21)11(6-8-24(2,3)4)23-15(16)20-9-19-12-10(17)5-7-18-14(12)20;1-23(2,3)7-5-10-13(21)11(16)15(22-10)20-8-19-12-9(17)4-6-18-14(12)20/h4,6,9,12-13,15,21H,1,5,7-8H2,2-3H3,(H2,17,18);5,7,9,12-13,15,21-22H,2,6,8H2,1,3-4H3,(H2,17,18);2*5,7,9,11,13,15,21-22H,2,6,8H2,1,3-4H3,(H2,17,18);4,6,8,10-11,13,15,21H,1,5,7H2,2-3H3,(H2,17,18)/t12-,13+,15?,16+;12-,13+,15?,16-;11-,13-,15?,16+;11-,13-,15?,16-;10-,11-,13-,15?/m11111/s1. The molecule has 10 aromatic rings. The van der Waals surface area contributed by atoms with Gasteiger partial charge in [-0.1, -0.05) is 0 Å². The van der Waals surface area contributed by atoms with Crippen LogP contribution >= 0.6 is 34.4 Å². The van der Waals surface area contributed by atoms with E-state index in [1.54, 1.807) is 114 Å². The van der Waals surface area contributed by atoms with Gasteiger partial charge in [-0.15, -0.1) is 65.9 Å². The largest absolute Gasteiger partial charge is 0.397 e. The van der Waals surface area contributed by atoms with Crippen LogP contribution < -0.4 is 28.7 Å². The van der Waals surface area contributed by atoms with E-state index in [9.17, 15) is 45.2 Å². The Labute approximate surface area is 692 Å². The van der Waals surface area contributed by atoms with E-state index in [-0.39, 0.29) is 0 Å². The number of ether oxygens (including phenoxy) is 6. The van der Waals surface area contributed by atoms with Gasteiger partial charge < -0.3 is 97.9 Å². The van der Waals surface area contributed by atoms with Gasteiger partial charge in [0.2, 0.25) is 0 Å². The predicted octanol–water partition coefficient (Wildman–Crippen LogP) is 6.22. The number of aliphatic hydroxyl groups excluding tert-OH is 6. The zero-order valence-electron chi connectivity index (χ0n) is 69.9. The maximum absolute atomic E-state index is 14.6. The molecule has 6 saturated heterocycles. The van der Waals surface area contributed by atoms with Crippen LogP contribution in [0.4, 0.5) is 32.8 Å². The SMILES string of the molecule is C=P(C)(C)CC[C@@]1(C)OC(n2cnc3c(N)ccnc32)[C@H](O)[C@@H]1O.C=P(C)(C)CC[C@@]12CO[C@@H](C(n3cnc4c(N)ccnc43)O1)[C@@H]2O.C=P(C)(C)CC[C@H]1OC(n2cnc3c(N)ccnc32)[C@@](C)(O)[C@@H]1O.C=P(C)(C)CC[C@H]1OC(n2cnc3c(N)ccnc32)[C@H](F)[C@@H]1O.C=P(C)(C)CC[C@H]1OC(n2cnc3c(N)ccnc32)[C@](C)(O)[C@@H]1O. The molecule has 0 radical (unpaired) electrons. The molecule has 16 rings (SSSR count). The molecule has 6 aliphatic heterocycles. The number of aromatic nitrogens is 15. The lowest BCUT2D eigenvalue weighted by Crippen LogP contribution is -2.43. The van der Waals surface area contributed by atoms with Crippen LogP contribution in [-0.4, -0.2) is 339 Å². The Morgan fingerprint density at radius 2 is 0.723 bits per heavy atom. The molecule has 16 heterocycles. The lowest BCUT2D eigenvalue weighted by molar-refractivity contribution is -0.172. The van der Waals surface area contributed by atoms with Crippen LogP contribution in [0.15, 0.2) is 93.0 Å². The lowest BCUT2D eigenvalue weighted by Gasteiger charge is -2.32. The third-order valence-corrected chi connectivity index (χ3v) is 29.9. The lowest BCUT2D eigenvalue weighted by atomic mass is 9.95. The molecule has 40 heteroatoms. The molecule has 0 spiro atoms. The Kier molecular flexibility index (Phi) is 26.5. The van der Waals surface area contributed by atoms with E-state index < -0.39 is 155 Å². The number of nitrogens with zero attached hydrogens (tertiary/aromatic N) is 15. The van der Waals surface area contributed by atoms with Gasteiger partial charge in [-0.2, -0.15) is 0 Å². The second kappa shape index (κ2) is 34.6. The molecule has 652 valence electrons. The number of aliphatic hydroxyl groups is 8.